The number of halogens is 3. The van der Waals surface area contributed by atoms with Gasteiger partial charge in [-0.05, 0) is 64.8 Å². The van der Waals surface area contributed by atoms with Gasteiger partial charge in [-0.3, -0.25) is 14.4 Å². The number of nitrogens with one attached hydrogen (secondary N) is 1. The van der Waals surface area contributed by atoms with Gasteiger partial charge >= 0.3 is 5.97 Å². The first-order chi connectivity index (χ1) is 13.7. The number of esters is 1. The van der Waals surface area contributed by atoms with E-state index in [1.165, 1.54) is 29.2 Å². The molecule has 9 heteroatoms. The number of hydrogen-bond donors (Lipinski definition) is 1. The van der Waals surface area contributed by atoms with Crippen LogP contribution in [0.1, 0.15) is 12.0 Å². The second kappa shape index (κ2) is 8.92. The fraction of sp³-hybridized carbons (Fsp3) is 0.250. The second-order valence-corrected chi connectivity index (χ2v) is 7.88. The van der Waals surface area contributed by atoms with Crippen LogP contribution in [0, 0.1) is 18.7 Å². The van der Waals surface area contributed by atoms with Crippen molar-refractivity contribution in [1.82, 2.24) is 0 Å². The summed E-state index contributed by atoms with van der Waals surface area (Å²) >= 11 is 9.33. The van der Waals surface area contributed by atoms with E-state index in [1.54, 1.807) is 19.1 Å². The molecule has 0 aromatic heterocycles. The molecule has 2 aromatic carbocycles. The Hall–Kier alpha value is -2.45. The highest BCUT2D eigenvalue weighted by Gasteiger charge is 2.36. The Kier molecular flexibility index (Phi) is 6.54. The standard InChI is InChI=1S/C20H17BrClFN2O4/c1-11-6-15(21)16(22)8-17(11)24-18(26)10-29-20(28)12-7-19(27)25(9-12)14-4-2-13(23)3-5-14/h2-6,8,12H,7,9-10H2,1H3,(H,24,26)/t12-/m0/s1. The van der Waals surface area contributed by atoms with E-state index in [-0.39, 0.29) is 18.9 Å². The number of ether oxygens (including phenoxy) is 1. The maximum absolute atomic E-state index is 13.0. The lowest BCUT2D eigenvalue weighted by atomic mass is 10.1. The molecule has 1 saturated heterocycles. The van der Waals surface area contributed by atoms with Gasteiger partial charge < -0.3 is 15.0 Å². The van der Waals surface area contributed by atoms with Crippen LogP contribution in [0.5, 0.6) is 0 Å². The SMILES string of the molecule is Cc1cc(Br)c(Cl)cc1NC(=O)COC(=O)[C@H]1CC(=O)N(c2ccc(F)cc2)C1. The Morgan fingerprint density at radius 1 is 1.31 bits per heavy atom. The van der Waals surface area contributed by atoms with Crippen molar-refractivity contribution in [1.29, 1.82) is 0 Å². The van der Waals surface area contributed by atoms with E-state index in [2.05, 4.69) is 21.2 Å². The third-order valence-electron chi connectivity index (χ3n) is 4.48. The number of amides is 2. The van der Waals surface area contributed by atoms with Crippen molar-refractivity contribution in [3.05, 3.63) is 57.3 Å². The average molecular weight is 484 g/mol. The van der Waals surface area contributed by atoms with Gasteiger partial charge in [0.25, 0.3) is 5.91 Å². The van der Waals surface area contributed by atoms with Crippen molar-refractivity contribution >= 4 is 56.7 Å². The maximum atomic E-state index is 13.0. The quantitative estimate of drug-likeness (QED) is 0.650. The average Bonchev–Trinajstić information content (AvgIpc) is 3.06. The largest absolute Gasteiger partial charge is 0.455 e. The second-order valence-electron chi connectivity index (χ2n) is 6.62. The third kappa shape index (κ3) is 5.13. The van der Waals surface area contributed by atoms with E-state index >= 15 is 0 Å². The number of hydrogen-bond acceptors (Lipinski definition) is 4. The van der Waals surface area contributed by atoms with Gasteiger partial charge in [0.05, 0.1) is 10.9 Å². The van der Waals surface area contributed by atoms with Crippen LogP contribution in [0.25, 0.3) is 0 Å². The predicted molar refractivity (Wildman–Crippen MR) is 110 cm³/mol. The van der Waals surface area contributed by atoms with E-state index in [9.17, 15) is 18.8 Å². The molecule has 1 aliphatic heterocycles. The summed E-state index contributed by atoms with van der Waals surface area (Å²) in [6.45, 7) is 1.44. The minimum atomic E-state index is -0.691. The van der Waals surface area contributed by atoms with E-state index in [1.807, 2.05) is 0 Å². The molecule has 1 aliphatic rings. The highest BCUT2D eigenvalue weighted by Crippen LogP contribution is 2.29. The summed E-state index contributed by atoms with van der Waals surface area (Å²) in [5, 5.41) is 3.08. The lowest BCUT2D eigenvalue weighted by Crippen LogP contribution is -2.28. The summed E-state index contributed by atoms with van der Waals surface area (Å²) in [6, 6.07) is 8.79. The lowest BCUT2D eigenvalue weighted by molar-refractivity contribution is -0.151. The van der Waals surface area contributed by atoms with E-state index in [4.69, 9.17) is 16.3 Å². The molecular formula is C20H17BrClFN2O4. The van der Waals surface area contributed by atoms with Crippen LogP contribution in [0.2, 0.25) is 5.02 Å². The molecule has 2 aromatic rings. The summed E-state index contributed by atoms with van der Waals surface area (Å²) in [5.74, 6) is -2.51. The highest BCUT2D eigenvalue weighted by molar-refractivity contribution is 9.10. The molecule has 29 heavy (non-hydrogen) atoms. The molecule has 0 aliphatic carbocycles. The monoisotopic (exact) mass is 482 g/mol. The van der Waals surface area contributed by atoms with Gasteiger partial charge in [-0.15, -0.1) is 0 Å². The molecule has 3 rings (SSSR count). The molecule has 0 spiro atoms. The van der Waals surface area contributed by atoms with Gasteiger partial charge in [-0.1, -0.05) is 11.6 Å². The predicted octanol–water partition coefficient (Wildman–Crippen LogP) is 4.08. The number of rotatable bonds is 5. The molecule has 1 fully saturated rings. The number of nitrogens with zero attached hydrogens (tertiary/aromatic N) is 1. The number of carbonyl (C=O) groups is 3. The first-order valence-electron chi connectivity index (χ1n) is 8.72. The Bertz CT molecular complexity index is 968. The zero-order valence-corrected chi connectivity index (χ0v) is 17.7. The molecule has 1 heterocycles. The van der Waals surface area contributed by atoms with Crippen molar-refractivity contribution in [2.24, 2.45) is 5.92 Å². The number of carbonyl (C=O) groups excluding carboxylic acids is 3. The van der Waals surface area contributed by atoms with Crippen molar-refractivity contribution in [3.8, 4) is 0 Å². The van der Waals surface area contributed by atoms with Crippen LogP contribution in [-0.2, 0) is 19.1 Å². The molecular weight excluding hydrogens is 467 g/mol. The fourth-order valence-corrected chi connectivity index (χ4v) is 3.58. The first-order valence-corrected chi connectivity index (χ1v) is 9.89. The Balaban J connectivity index is 1.54. The summed E-state index contributed by atoms with van der Waals surface area (Å²) in [4.78, 5) is 38.0. The zero-order chi connectivity index (χ0) is 21.1. The van der Waals surface area contributed by atoms with Gasteiger partial charge in [0.2, 0.25) is 5.91 Å². The third-order valence-corrected chi connectivity index (χ3v) is 5.68. The van der Waals surface area contributed by atoms with E-state index < -0.39 is 30.2 Å². The number of aryl methyl sites for hydroxylation is 1. The minimum Gasteiger partial charge on any atom is -0.455 e. The topological polar surface area (TPSA) is 75.7 Å². The molecule has 1 atom stereocenters. The van der Waals surface area contributed by atoms with Crippen LogP contribution < -0.4 is 10.2 Å². The van der Waals surface area contributed by atoms with Crippen LogP contribution in [0.15, 0.2) is 40.9 Å². The maximum Gasteiger partial charge on any atom is 0.311 e. The lowest BCUT2D eigenvalue weighted by Gasteiger charge is -2.16. The molecule has 1 N–H and O–H groups in total. The zero-order valence-electron chi connectivity index (χ0n) is 15.4. The van der Waals surface area contributed by atoms with Crippen molar-refractivity contribution in [3.63, 3.8) is 0 Å². The molecule has 6 nitrogen and oxygen atoms in total. The fourth-order valence-electron chi connectivity index (χ4n) is 2.96. The summed E-state index contributed by atoms with van der Waals surface area (Å²) in [6.07, 6.45) is -0.0285. The Labute approximate surface area is 180 Å². The molecule has 0 bridgehead atoms. The van der Waals surface area contributed by atoms with Gasteiger partial charge in [0, 0.05) is 28.8 Å². The van der Waals surface area contributed by atoms with E-state index in [0.717, 1.165) is 5.56 Å². The molecule has 0 radical (unpaired) electrons. The molecule has 0 unspecified atom stereocenters. The Morgan fingerprint density at radius 3 is 2.69 bits per heavy atom. The smallest absolute Gasteiger partial charge is 0.311 e. The molecule has 0 saturated carbocycles. The number of anilines is 2. The van der Waals surface area contributed by atoms with E-state index in [0.29, 0.717) is 20.9 Å². The summed E-state index contributed by atoms with van der Waals surface area (Å²) in [5.41, 5.74) is 1.81. The van der Waals surface area contributed by atoms with Crippen molar-refractivity contribution in [2.45, 2.75) is 13.3 Å². The van der Waals surface area contributed by atoms with Crippen molar-refractivity contribution in [2.75, 3.05) is 23.4 Å². The van der Waals surface area contributed by atoms with Gasteiger partial charge in [-0.25, -0.2) is 4.39 Å². The van der Waals surface area contributed by atoms with Crippen LogP contribution in [-0.4, -0.2) is 30.9 Å². The summed E-state index contributed by atoms with van der Waals surface area (Å²) < 4.78 is 18.8. The van der Waals surface area contributed by atoms with Crippen LogP contribution >= 0.6 is 27.5 Å². The van der Waals surface area contributed by atoms with Crippen LogP contribution in [0.4, 0.5) is 15.8 Å². The van der Waals surface area contributed by atoms with Gasteiger partial charge in [0.1, 0.15) is 5.82 Å². The normalized spacial score (nSPS) is 16.1. The van der Waals surface area contributed by atoms with Crippen molar-refractivity contribution < 1.29 is 23.5 Å². The minimum absolute atomic E-state index is 0.0285. The molecule has 2 amide bonds. The first kappa shape index (κ1) is 21.3. The van der Waals surface area contributed by atoms with Gasteiger partial charge in [-0.2, -0.15) is 0 Å². The summed E-state index contributed by atoms with van der Waals surface area (Å²) in [7, 11) is 0. The Morgan fingerprint density at radius 2 is 2.00 bits per heavy atom. The highest BCUT2D eigenvalue weighted by atomic mass is 79.9. The van der Waals surface area contributed by atoms with Gasteiger partial charge in [0.15, 0.2) is 6.61 Å². The molecule has 152 valence electrons. The number of benzene rings is 2. The van der Waals surface area contributed by atoms with Crippen LogP contribution in [0.3, 0.4) is 0 Å².